The number of piperidine rings is 1. The molecule has 1 heterocycles. The van der Waals surface area contributed by atoms with Crippen molar-refractivity contribution in [3.8, 4) is 11.5 Å². The van der Waals surface area contributed by atoms with Crippen LogP contribution in [0.25, 0.3) is 0 Å². The number of rotatable bonds is 6. The van der Waals surface area contributed by atoms with Crippen LogP contribution in [-0.4, -0.2) is 45.9 Å². The molecule has 12 heteroatoms. The van der Waals surface area contributed by atoms with Crippen LogP contribution in [-0.2, 0) is 21.0 Å². The molecule has 180 valence electrons. The minimum absolute atomic E-state index is 0.0776. The quantitative estimate of drug-likeness (QED) is 0.627. The van der Waals surface area contributed by atoms with E-state index in [1.165, 1.54) is 36.7 Å². The lowest BCUT2D eigenvalue weighted by molar-refractivity contribution is -0.137. The Bertz CT molecular complexity index is 1140. The van der Waals surface area contributed by atoms with Gasteiger partial charge in [0.25, 0.3) is 0 Å². The van der Waals surface area contributed by atoms with Gasteiger partial charge < -0.3 is 14.8 Å². The maximum atomic E-state index is 13.3. The van der Waals surface area contributed by atoms with Crippen molar-refractivity contribution in [2.45, 2.75) is 23.9 Å². The number of amides is 1. The molecule has 0 saturated carbocycles. The molecule has 0 spiro atoms. The molecule has 7 nitrogen and oxygen atoms in total. The van der Waals surface area contributed by atoms with Crippen LogP contribution in [0.15, 0.2) is 41.3 Å². The van der Waals surface area contributed by atoms with Gasteiger partial charge in [-0.2, -0.15) is 17.5 Å². The molecular weight excluding hydrogens is 485 g/mol. The number of sulfonamides is 1. The van der Waals surface area contributed by atoms with Gasteiger partial charge in [0, 0.05) is 24.8 Å². The van der Waals surface area contributed by atoms with E-state index in [-0.39, 0.29) is 29.4 Å². The molecule has 0 bridgehead atoms. The van der Waals surface area contributed by atoms with E-state index in [0.29, 0.717) is 18.6 Å². The summed E-state index contributed by atoms with van der Waals surface area (Å²) in [6.45, 7) is 0.0554. The number of ether oxygens (including phenoxy) is 2. The summed E-state index contributed by atoms with van der Waals surface area (Å²) in [6.07, 6.45) is -3.89. The number of hydrogen-bond acceptors (Lipinski definition) is 5. The van der Waals surface area contributed by atoms with Gasteiger partial charge in [-0.1, -0.05) is 11.6 Å². The van der Waals surface area contributed by atoms with E-state index in [4.69, 9.17) is 21.1 Å². The second kappa shape index (κ2) is 9.78. The Kier molecular flexibility index (Phi) is 7.45. The van der Waals surface area contributed by atoms with Gasteiger partial charge in [-0.05, 0) is 43.2 Å². The number of methoxy groups -OCH3 is 2. The molecule has 33 heavy (non-hydrogen) atoms. The number of alkyl halides is 3. The third-order valence-electron chi connectivity index (χ3n) is 5.28. The predicted molar refractivity (Wildman–Crippen MR) is 116 cm³/mol. The smallest absolute Gasteiger partial charge is 0.417 e. The molecule has 1 amide bonds. The fourth-order valence-electron chi connectivity index (χ4n) is 3.56. The van der Waals surface area contributed by atoms with Crippen molar-refractivity contribution in [1.82, 2.24) is 4.31 Å². The van der Waals surface area contributed by atoms with E-state index in [2.05, 4.69) is 5.32 Å². The Labute approximate surface area is 194 Å². The normalized spacial score (nSPS) is 17.5. The molecule has 0 radical (unpaired) electrons. The number of nitrogens with one attached hydrogen (secondary N) is 1. The van der Waals surface area contributed by atoms with E-state index in [1.54, 1.807) is 6.07 Å². The molecule has 2 aromatic carbocycles. The summed E-state index contributed by atoms with van der Waals surface area (Å²) < 4.78 is 77.3. The standard InChI is InChI=1S/C21H22ClF3N2O5S/c1-31-15-6-8-18(32-2)19(11-15)33(29,30)27-9-3-4-13(12-27)20(28)26-14-5-7-17(22)16(10-14)21(23,24)25/h5-8,10-11,13H,3-4,9,12H2,1-2H3,(H,26,28)/t13-/m0/s1. The Morgan fingerprint density at radius 1 is 1.15 bits per heavy atom. The lowest BCUT2D eigenvalue weighted by Crippen LogP contribution is -2.43. The van der Waals surface area contributed by atoms with Crippen molar-refractivity contribution in [2.75, 3.05) is 32.6 Å². The van der Waals surface area contributed by atoms with Crippen LogP contribution in [0.1, 0.15) is 18.4 Å². The molecule has 0 aliphatic carbocycles. The number of hydrogen-bond donors (Lipinski definition) is 1. The van der Waals surface area contributed by atoms with E-state index >= 15 is 0 Å². The molecule has 2 aromatic rings. The van der Waals surface area contributed by atoms with Gasteiger partial charge in [0.05, 0.1) is 30.7 Å². The summed E-state index contributed by atoms with van der Waals surface area (Å²) in [5.41, 5.74) is -1.15. The highest BCUT2D eigenvalue weighted by atomic mass is 35.5. The van der Waals surface area contributed by atoms with Gasteiger partial charge >= 0.3 is 6.18 Å². The van der Waals surface area contributed by atoms with Gasteiger partial charge in [0.2, 0.25) is 15.9 Å². The SMILES string of the molecule is COc1ccc(OC)c(S(=O)(=O)N2CCC[C@H](C(=O)Nc3ccc(Cl)c(C(F)(F)F)c3)C2)c1. The summed E-state index contributed by atoms with van der Waals surface area (Å²) in [5, 5.41) is 1.96. The summed E-state index contributed by atoms with van der Waals surface area (Å²) in [6, 6.07) is 7.42. The molecule has 0 unspecified atom stereocenters. The number of halogens is 4. The van der Waals surface area contributed by atoms with Gasteiger partial charge in [0.1, 0.15) is 16.4 Å². The van der Waals surface area contributed by atoms with Gasteiger partial charge in [0.15, 0.2) is 0 Å². The number of nitrogens with zero attached hydrogens (tertiary/aromatic N) is 1. The minimum atomic E-state index is -4.68. The maximum absolute atomic E-state index is 13.3. The third-order valence-corrected chi connectivity index (χ3v) is 7.50. The van der Waals surface area contributed by atoms with Crippen LogP contribution in [0, 0.1) is 5.92 Å². The zero-order valence-electron chi connectivity index (χ0n) is 17.8. The molecule has 0 aromatic heterocycles. The number of anilines is 1. The fourth-order valence-corrected chi connectivity index (χ4v) is 5.48. The number of carbonyl (C=O) groups is 1. The first-order chi connectivity index (χ1) is 15.5. The summed E-state index contributed by atoms with van der Waals surface area (Å²) in [4.78, 5) is 12.7. The van der Waals surface area contributed by atoms with Crippen molar-refractivity contribution in [3.05, 3.63) is 47.0 Å². The molecular formula is C21H22ClF3N2O5S. The Hall–Kier alpha value is -2.50. The van der Waals surface area contributed by atoms with Crippen LogP contribution in [0.4, 0.5) is 18.9 Å². The first-order valence-corrected chi connectivity index (χ1v) is 11.7. The first kappa shape index (κ1) is 25.1. The van der Waals surface area contributed by atoms with E-state index in [9.17, 15) is 26.4 Å². The summed E-state index contributed by atoms with van der Waals surface area (Å²) in [5.74, 6) is -0.884. The van der Waals surface area contributed by atoms with Crippen molar-refractivity contribution in [3.63, 3.8) is 0 Å². The Morgan fingerprint density at radius 3 is 2.52 bits per heavy atom. The van der Waals surface area contributed by atoms with E-state index in [0.717, 1.165) is 12.1 Å². The van der Waals surface area contributed by atoms with Crippen LogP contribution in [0.2, 0.25) is 5.02 Å². The number of benzene rings is 2. The summed E-state index contributed by atoms with van der Waals surface area (Å²) >= 11 is 5.61. The minimum Gasteiger partial charge on any atom is -0.497 e. The van der Waals surface area contributed by atoms with Crippen molar-refractivity contribution in [1.29, 1.82) is 0 Å². The van der Waals surface area contributed by atoms with Crippen molar-refractivity contribution in [2.24, 2.45) is 5.92 Å². The fraction of sp³-hybridized carbons (Fsp3) is 0.381. The largest absolute Gasteiger partial charge is 0.497 e. The topological polar surface area (TPSA) is 84.9 Å². The number of carbonyl (C=O) groups excluding carboxylic acids is 1. The highest BCUT2D eigenvalue weighted by Crippen LogP contribution is 2.37. The highest BCUT2D eigenvalue weighted by molar-refractivity contribution is 7.89. The highest BCUT2D eigenvalue weighted by Gasteiger charge is 2.36. The Morgan fingerprint density at radius 2 is 1.88 bits per heavy atom. The van der Waals surface area contributed by atoms with Gasteiger partial charge in [-0.3, -0.25) is 4.79 Å². The maximum Gasteiger partial charge on any atom is 0.417 e. The second-order valence-electron chi connectivity index (χ2n) is 7.40. The van der Waals surface area contributed by atoms with Crippen LogP contribution in [0.3, 0.4) is 0 Å². The molecule has 1 aliphatic rings. The van der Waals surface area contributed by atoms with Gasteiger partial charge in [-0.25, -0.2) is 8.42 Å². The molecule has 1 saturated heterocycles. The Balaban J connectivity index is 1.80. The molecule has 3 rings (SSSR count). The van der Waals surface area contributed by atoms with E-state index in [1.807, 2.05) is 0 Å². The molecule has 1 N–H and O–H groups in total. The third kappa shape index (κ3) is 5.53. The lowest BCUT2D eigenvalue weighted by atomic mass is 9.98. The zero-order valence-corrected chi connectivity index (χ0v) is 19.4. The van der Waals surface area contributed by atoms with Crippen molar-refractivity contribution >= 4 is 33.2 Å². The monoisotopic (exact) mass is 506 g/mol. The molecule has 1 atom stereocenters. The van der Waals surface area contributed by atoms with Gasteiger partial charge in [-0.15, -0.1) is 0 Å². The second-order valence-corrected chi connectivity index (χ2v) is 9.71. The predicted octanol–water partition coefficient (Wildman–Crippen LogP) is 4.42. The average molecular weight is 507 g/mol. The summed E-state index contributed by atoms with van der Waals surface area (Å²) in [7, 11) is -1.28. The lowest BCUT2D eigenvalue weighted by Gasteiger charge is -2.31. The van der Waals surface area contributed by atoms with Crippen LogP contribution < -0.4 is 14.8 Å². The zero-order chi connectivity index (χ0) is 24.4. The van der Waals surface area contributed by atoms with E-state index < -0.39 is 38.6 Å². The first-order valence-electron chi connectivity index (χ1n) is 9.87. The van der Waals surface area contributed by atoms with Crippen LogP contribution >= 0.6 is 11.6 Å². The average Bonchev–Trinajstić information content (AvgIpc) is 2.79. The van der Waals surface area contributed by atoms with Crippen LogP contribution in [0.5, 0.6) is 11.5 Å². The molecule has 1 fully saturated rings. The van der Waals surface area contributed by atoms with Crippen molar-refractivity contribution < 1.29 is 35.9 Å². The molecule has 1 aliphatic heterocycles.